The normalized spacial score (nSPS) is 12.6. The summed E-state index contributed by atoms with van der Waals surface area (Å²) in [5.41, 5.74) is 7.64. The predicted molar refractivity (Wildman–Crippen MR) is 81.9 cm³/mol. The maximum Gasteiger partial charge on any atom is 0.129 e. The molecule has 4 heteroatoms. The Morgan fingerprint density at radius 3 is 2.75 bits per heavy atom. The van der Waals surface area contributed by atoms with Crippen molar-refractivity contribution in [2.75, 3.05) is 0 Å². The first-order chi connectivity index (χ1) is 9.66. The van der Waals surface area contributed by atoms with Crippen LogP contribution < -0.4 is 5.73 Å². The lowest BCUT2D eigenvalue weighted by molar-refractivity contribution is 0.599. The largest absolute Gasteiger partial charge is 0.320 e. The Kier molecular flexibility index (Phi) is 3.51. The number of benzene rings is 2. The summed E-state index contributed by atoms with van der Waals surface area (Å²) in [6.45, 7) is 0. The second-order valence-corrected chi connectivity index (χ2v) is 5.50. The lowest BCUT2D eigenvalue weighted by Gasteiger charge is -2.16. The SMILES string of the molecule is NC(c1ccc(Br)cc1F)c1cccc2cnccc12. The molecular formula is C16H12BrFN2. The number of fused-ring (bicyclic) bond motifs is 1. The number of aromatic nitrogens is 1. The van der Waals surface area contributed by atoms with E-state index < -0.39 is 6.04 Å². The molecule has 2 aromatic carbocycles. The minimum absolute atomic E-state index is 0.307. The first-order valence-corrected chi connectivity index (χ1v) is 6.99. The van der Waals surface area contributed by atoms with Crippen molar-refractivity contribution < 1.29 is 4.39 Å². The highest BCUT2D eigenvalue weighted by Gasteiger charge is 2.16. The molecule has 3 aromatic rings. The van der Waals surface area contributed by atoms with Crippen molar-refractivity contribution in [2.45, 2.75) is 6.04 Å². The Morgan fingerprint density at radius 1 is 1.10 bits per heavy atom. The molecule has 0 saturated heterocycles. The van der Waals surface area contributed by atoms with E-state index in [4.69, 9.17) is 5.73 Å². The van der Waals surface area contributed by atoms with E-state index in [1.807, 2.05) is 24.3 Å². The summed E-state index contributed by atoms with van der Waals surface area (Å²) < 4.78 is 14.8. The van der Waals surface area contributed by atoms with Crippen molar-refractivity contribution >= 4 is 26.7 Å². The molecule has 2 N–H and O–H groups in total. The van der Waals surface area contributed by atoms with Crippen molar-refractivity contribution in [1.82, 2.24) is 4.98 Å². The van der Waals surface area contributed by atoms with Crippen molar-refractivity contribution in [3.05, 3.63) is 76.3 Å². The molecule has 0 spiro atoms. The molecule has 100 valence electrons. The number of hydrogen-bond acceptors (Lipinski definition) is 2. The number of hydrogen-bond donors (Lipinski definition) is 1. The van der Waals surface area contributed by atoms with Gasteiger partial charge in [-0.2, -0.15) is 0 Å². The summed E-state index contributed by atoms with van der Waals surface area (Å²) in [4.78, 5) is 4.09. The summed E-state index contributed by atoms with van der Waals surface area (Å²) in [6, 6.07) is 12.1. The smallest absolute Gasteiger partial charge is 0.129 e. The fraction of sp³-hybridized carbons (Fsp3) is 0.0625. The molecule has 1 unspecified atom stereocenters. The van der Waals surface area contributed by atoms with Crippen LogP contribution in [0.15, 0.2) is 59.3 Å². The molecule has 0 fully saturated rings. The van der Waals surface area contributed by atoms with Crippen LogP contribution >= 0.6 is 15.9 Å². The van der Waals surface area contributed by atoms with Crippen LogP contribution in [0.3, 0.4) is 0 Å². The van der Waals surface area contributed by atoms with Gasteiger partial charge in [0, 0.05) is 27.8 Å². The first kappa shape index (κ1) is 13.2. The van der Waals surface area contributed by atoms with Gasteiger partial charge in [-0.1, -0.05) is 40.2 Å². The van der Waals surface area contributed by atoms with Gasteiger partial charge in [0.25, 0.3) is 0 Å². The maximum atomic E-state index is 14.1. The highest BCUT2D eigenvalue weighted by atomic mass is 79.9. The minimum atomic E-state index is -0.505. The van der Waals surface area contributed by atoms with Crippen LogP contribution in [0.4, 0.5) is 4.39 Å². The third-order valence-corrected chi connectivity index (χ3v) is 3.84. The second kappa shape index (κ2) is 5.31. The molecule has 3 rings (SSSR count). The lowest BCUT2D eigenvalue weighted by Crippen LogP contribution is -2.14. The molecule has 1 aromatic heterocycles. The summed E-state index contributed by atoms with van der Waals surface area (Å²) in [5, 5.41) is 2.00. The van der Waals surface area contributed by atoms with Gasteiger partial charge in [0.1, 0.15) is 5.82 Å². The van der Waals surface area contributed by atoms with E-state index in [9.17, 15) is 4.39 Å². The molecule has 2 nitrogen and oxygen atoms in total. The molecule has 1 atom stereocenters. The zero-order valence-corrected chi connectivity index (χ0v) is 12.1. The molecule has 0 aliphatic carbocycles. The topological polar surface area (TPSA) is 38.9 Å². The number of halogens is 2. The van der Waals surface area contributed by atoms with Crippen LogP contribution in [0.1, 0.15) is 17.2 Å². The average Bonchev–Trinajstić information content (AvgIpc) is 2.46. The Balaban J connectivity index is 2.15. The summed E-state index contributed by atoms with van der Waals surface area (Å²) in [5.74, 6) is -0.307. The maximum absolute atomic E-state index is 14.1. The van der Waals surface area contributed by atoms with Crippen LogP contribution in [0.25, 0.3) is 10.8 Å². The Hall–Kier alpha value is -1.78. The molecule has 0 amide bonds. The van der Waals surface area contributed by atoms with E-state index in [0.29, 0.717) is 10.0 Å². The third kappa shape index (κ3) is 2.32. The minimum Gasteiger partial charge on any atom is -0.320 e. The van der Waals surface area contributed by atoms with Crippen LogP contribution in [0.2, 0.25) is 0 Å². The van der Waals surface area contributed by atoms with Gasteiger partial charge in [0.05, 0.1) is 6.04 Å². The molecule has 0 aliphatic rings. The Labute approximate surface area is 124 Å². The van der Waals surface area contributed by atoms with Crippen LogP contribution in [-0.2, 0) is 0 Å². The zero-order chi connectivity index (χ0) is 14.1. The van der Waals surface area contributed by atoms with E-state index in [0.717, 1.165) is 16.3 Å². The van der Waals surface area contributed by atoms with Gasteiger partial charge in [0.2, 0.25) is 0 Å². The average molecular weight is 331 g/mol. The Morgan fingerprint density at radius 2 is 1.95 bits per heavy atom. The molecule has 0 saturated carbocycles. The van der Waals surface area contributed by atoms with Gasteiger partial charge < -0.3 is 5.73 Å². The number of pyridine rings is 1. The van der Waals surface area contributed by atoms with Crippen molar-refractivity contribution in [3.63, 3.8) is 0 Å². The standard InChI is InChI=1S/C16H12BrFN2/c17-11-4-5-14(15(18)8-11)16(19)13-3-1-2-10-9-20-7-6-12(10)13/h1-9,16H,19H2. The third-order valence-electron chi connectivity index (χ3n) is 3.35. The predicted octanol–water partition coefficient (Wildman–Crippen LogP) is 4.18. The fourth-order valence-corrected chi connectivity index (χ4v) is 2.67. The summed E-state index contributed by atoms with van der Waals surface area (Å²) in [7, 11) is 0. The molecule has 20 heavy (non-hydrogen) atoms. The van der Waals surface area contributed by atoms with Gasteiger partial charge in [-0.25, -0.2) is 4.39 Å². The van der Waals surface area contributed by atoms with Gasteiger partial charge in [-0.3, -0.25) is 4.98 Å². The number of rotatable bonds is 2. The number of nitrogens with two attached hydrogens (primary N) is 1. The molecular weight excluding hydrogens is 319 g/mol. The Bertz CT molecular complexity index is 768. The monoisotopic (exact) mass is 330 g/mol. The quantitative estimate of drug-likeness (QED) is 0.765. The van der Waals surface area contributed by atoms with Gasteiger partial charge in [-0.05, 0) is 29.1 Å². The zero-order valence-electron chi connectivity index (χ0n) is 10.6. The molecule has 0 aliphatic heterocycles. The summed E-state index contributed by atoms with van der Waals surface area (Å²) in [6.07, 6.45) is 3.50. The van der Waals surface area contributed by atoms with Gasteiger partial charge in [0.15, 0.2) is 0 Å². The van der Waals surface area contributed by atoms with E-state index in [1.165, 1.54) is 6.07 Å². The van der Waals surface area contributed by atoms with E-state index in [2.05, 4.69) is 20.9 Å². The van der Waals surface area contributed by atoms with Crippen LogP contribution in [0.5, 0.6) is 0 Å². The van der Waals surface area contributed by atoms with Crippen molar-refractivity contribution in [1.29, 1.82) is 0 Å². The fourth-order valence-electron chi connectivity index (χ4n) is 2.34. The molecule has 0 bridgehead atoms. The summed E-state index contributed by atoms with van der Waals surface area (Å²) >= 11 is 3.25. The van der Waals surface area contributed by atoms with Gasteiger partial charge in [-0.15, -0.1) is 0 Å². The highest BCUT2D eigenvalue weighted by Crippen LogP contribution is 2.29. The van der Waals surface area contributed by atoms with Crippen molar-refractivity contribution in [2.24, 2.45) is 5.73 Å². The van der Waals surface area contributed by atoms with Crippen molar-refractivity contribution in [3.8, 4) is 0 Å². The van der Waals surface area contributed by atoms with Crippen LogP contribution in [0, 0.1) is 5.82 Å². The van der Waals surface area contributed by atoms with E-state index in [1.54, 1.807) is 24.5 Å². The van der Waals surface area contributed by atoms with Crippen LogP contribution in [-0.4, -0.2) is 4.98 Å². The lowest BCUT2D eigenvalue weighted by atomic mass is 9.95. The molecule has 0 radical (unpaired) electrons. The highest BCUT2D eigenvalue weighted by molar-refractivity contribution is 9.10. The first-order valence-electron chi connectivity index (χ1n) is 6.20. The van der Waals surface area contributed by atoms with Gasteiger partial charge >= 0.3 is 0 Å². The molecule has 1 heterocycles. The van der Waals surface area contributed by atoms with E-state index >= 15 is 0 Å². The second-order valence-electron chi connectivity index (χ2n) is 4.59. The van der Waals surface area contributed by atoms with E-state index in [-0.39, 0.29) is 5.82 Å². The number of nitrogens with zero attached hydrogens (tertiary/aromatic N) is 1.